The fourth-order valence-corrected chi connectivity index (χ4v) is 3.13. The van der Waals surface area contributed by atoms with E-state index in [1.54, 1.807) is 0 Å². The lowest BCUT2D eigenvalue weighted by atomic mass is 9.91. The molecule has 2 heteroatoms. The van der Waals surface area contributed by atoms with Crippen molar-refractivity contribution in [2.75, 3.05) is 13.1 Å². The van der Waals surface area contributed by atoms with E-state index >= 15 is 0 Å². The van der Waals surface area contributed by atoms with Crippen molar-refractivity contribution in [2.24, 2.45) is 11.8 Å². The molecule has 0 spiro atoms. The van der Waals surface area contributed by atoms with Gasteiger partial charge in [0.2, 0.25) is 0 Å². The summed E-state index contributed by atoms with van der Waals surface area (Å²) >= 11 is 0. The van der Waals surface area contributed by atoms with Crippen LogP contribution in [0.2, 0.25) is 0 Å². The van der Waals surface area contributed by atoms with Gasteiger partial charge in [-0.05, 0) is 29.4 Å². The van der Waals surface area contributed by atoms with Gasteiger partial charge < -0.3 is 0 Å². The van der Waals surface area contributed by atoms with Crippen LogP contribution in [0.3, 0.4) is 0 Å². The van der Waals surface area contributed by atoms with Gasteiger partial charge in [-0.15, -0.1) is 0 Å². The van der Waals surface area contributed by atoms with E-state index < -0.39 is 0 Å². The Kier molecular flexibility index (Phi) is 4.38. The first-order valence-corrected chi connectivity index (χ1v) is 6.85. The third-order valence-corrected chi connectivity index (χ3v) is 3.73. The van der Waals surface area contributed by atoms with Crippen molar-refractivity contribution in [2.45, 2.75) is 33.2 Å². The summed E-state index contributed by atoms with van der Waals surface area (Å²) in [6.45, 7) is 8.04. The van der Waals surface area contributed by atoms with Crippen LogP contribution in [0.15, 0.2) is 24.3 Å². The highest BCUT2D eigenvalue weighted by molar-refractivity contribution is 5.29. The standard InChI is InChI=1S/C16H22N2/c1-13-9-14(2)11-18(10-13)12-16-6-4-3-5-15(16)7-8-17/h3-6,13-14H,7,9-12H2,1-2H3. The molecule has 2 atom stereocenters. The molecule has 0 N–H and O–H groups in total. The molecule has 18 heavy (non-hydrogen) atoms. The smallest absolute Gasteiger partial charge is 0.0669 e. The minimum Gasteiger partial charge on any atom is -0.299 e. The maximum absolute atomic E-state index is 8.87. The van der Waals surface area contributed by atoms with Crippen molar-refractivity contribution < 1.29 is 0 Å². The van der Waals surface area contributed by atoms with Crippen LogP contribution in [0.1, 0.15) is 31.4 Å². The minimum atomic E-state index is 0.523. The van der Waals surface area contributed by atoms with Crippen molar-refractivity contribution in [3.63, 3.8) is 0 Å². The van der Waals surface area contributed by atoms with Crippen LogP contribution in [0, 0.1) is 23.2 Å². The molecule has 2 rings (SSSR count). The Morgan fingerprint density at radius 3 is 2.39 bits per heavy atom. The quantitative estimate of drug-likeness (QED) is 0.813. The van der Waals surface area contributed by atoms with Crippen molar-refractivity contribution in [1.82, 2.24) is 4.90 Å². The molecule has 0 saturated carbocycles. The average Bonchev–Trinajstić information content (AvgIpc) is 2.30. The molecule has 0 bridgehead atoms. The fraction of sp³-hybridized carbons (Fsp3) is 0.562. The third-order valence-electron chi connectivity index (χ3n) is 3.73. The number of piperidine rings is 1. The second-order valence-corrected chi connectivity index (χ2v) is 5.74. The molecular formula is C16H22N2. The zero-order chi connectivity index (χ0) is 13.0. The monoisotopic (exact) mass is 242 g/mol. The summed E-state index contributed by atoms with van der Waals surface area (Å²) in [5, 5.41) is 8.87. The summed E-state index contributed by atoms with van der Waals surface area (Å²) in [7, 11) is 0. The van der Waals surface area contributed by atoms with Crippen LogP contribution in [-0.4, -0.2) is 18.0 Å². The molecule has 1 saturated heterocycles. The lowest BCUT2D eigenvalue weighted by molar-refractivity contribution is 0.134. The zero-order valence-electron chi connectivity index (χ0n) is 11.4. The average molecular weight is 242 g/mol. The van der Waals surface area contributed by atoms with Crippen LogP contribution in [0.25, 0.3) is 0 Å². The Balaban J connectivity index is 2.07. The Labute approximate surface area is 110 Å². The van der Waals surface area contributed by atoms with E-state index in [2.05, 4.69) is 43.0 Å². The molecule has 2 unspecified atom stereocenters. The highest BCUT2D eigenvalue weighted by atomic mass is 15.1. The summed E-state index contributed by atoms with van der Waals surface area (Å²) in [5.74, 6) is 1.58. The van der Waals surface area contributed by atoms with Crippen LogP contribution in [-0.2, 0) is 13.0 Å². The predicted octanol–water partition coefficient (Wildman–Crippen LogP) is 3.23. The summed E-state index contributed by atoms with van der Waals surface area (Å²) < 4.78 is 0. The molecule has 2 nitrogen and oxygen atoms in total. The van der Waals surface area contributed by atoms with E-state index in [1.165, 1.54) is 30.6 Å². The van der Waals surface area contributed by atoms with E-state index in [0.717, 1.165) is 18.4 Å². The molecule has 1 aliphatic heterocycles. The van der Waals surface area contributed by atoms with Gasteiger partial charge in [0.1, 0.15) is 0 Å². The Morgan fingerprint density at radius 1 is 1.17 bits per heavy atom. The molecule has 1 aliphatic rings. The Bertz CT molecular complexity index is 423. The van der Waals surface area contributed by atoms with Gasteiger partial charge in [0, 0.05) is 19.6 Å². The largest absolute Gasteiger partial charge is 0.299 e. The first-order chi connectivity index (χ1) is 8.69. The number of hydrogen-bond acceptors (Lipinski definition) is 2. The van der Waals surface area contributed by atoms with Gasteiger partial charge in [-0.2, -0.15) is 5.26 Å². The second-order valence-electron chi connectivity index (χ2n) is 5.74. The fourth-order valence-electron chi connectivity index (χ4n) is 3.13. The van der Waals surface area contributed by atoms with Crippen molar-refractivity contribution >= 4 is 0 Å². The van der Waals surface area contributed by atoms with Gasteiger partial charge in [0.15, 0.2) is 0 Å². The van der Waals surface area contributed by atoms with Gasteiger partial charge in [0.05, 0.1) is 12.5 Å². The number of benzene rings is 1. The SMILES string of the molecule is CC1CC(C)CN(Cc2ccccc2CC#N)C1. The second kappa shape index (κ2) is 6.02. The molecule has 1 fully saturated rings. The molecule has 0 radical (unpaired) electrons. The van der Waals surface area contributed by atoms with E-state index in [4.69, 9.17) is 5.26 Å². The molecule has 0 aliphatic carbocycles. The summed E-state index contributed by atoms with van der Waals surface area (Å²) in [4.78, 5) is 2.54. The van der Waals surface area contributed by atoms with Crippen LogP contribution in [0.4, 0.5) is 0 Å². The maximum atomic E-state index is 8.87. The number of likely N-dealkylation sites (tertiary alicyclic amines) is 1. The highest BCUT2D eigenvalue weighted by Gasteiger charge is 2.22. The van der Waals surface area contributed by atoms with Crippen LogP contribution >= 0.6 is 0 Å². The lowest BCUT2D eigenvalue weighted by Gasteiger charge is -2.35. The Morgan fingerprint density at radius 2 is 1.78 bits per heavy atom. The lowest BCUT2D eigenvalue weighted by Crippen LogP contribution is -2.38. The summed E-state index contributed by atoms with van der Waals surface area (Å²) in [5.41, 5.74) is 2.51. The summed E-state index contributed by atoms with van der Waals surface area (Å²) in [6.07, 6.45) is 1.87. The number of hydrogen-bond donors (Lipinski definition) is 0. The van der Waals surface area contributed by atoms with Gasteiger partial charge >= 0.3 is 0 Å². The van der Waals surface area contributed by atoms with Crippen molar-refractivity contribution in [3.05, 3.63) is 35.4 Å². The molecule has 0 amide bonds. The molecule has 1 aromatic rings. The molecule has 1 aromatic carbocycles. The zero-order valence-corrected chi connectivity index (χ0v) is 11.4. The van der Waals surface area contributed by atoms with E-state index in [1.807, 2.05) is 6.07 Å². The van der Waals surface area contributed by atoms with E-state index in [0.29, 0.717) is 6.42 Å². The highest BCUT2D eigenvalue weighted by Crippen LogP contribution is 2.23. The molecule has 0 aromatic heterocycles. The predicted molar refractivity (Wildman–Crippen MR) is 74.0 cm³/mol. The van der Waals surface area contributed by atoms with E-state index in [9.17, 15) is 0 Å². The number of nitrogens with zero attached hydrogens (tertiary/aromatic N) is 2. The molecule has 1 heterocycles. The Hall–Kier alpha value is -1.33. The maximum Gasteiger partial charge on any atom is 0.0669 e. The normalized spacial score (nSPS) is 24.7. The van der Waals surface area contributed by atoms with Gasteiger partial charge in [-0.25, -0.2) is 0 Å². The van der Waals surface area contributed by atoms with E-state index in [-0.39, 0.29) is 0 Å². The van der Waals surface area contributed by atoms with Gasteiger partial charge in [-0.1, -0.05) is 38.1 Å². The van der Waals surface area contributed by atoms with Gasteiger partial charge in [0.25, 0.3) is 0 Å². The van der Waals surface area contributed by atoms with Crippen LogP contribution in [0.5, 0.6) is 0 Å². The number of nitriles is 1. The van der Waals surface area contributed by atoms with Crippen molar-refractivity contribution in [1.29, 1.82) is 5.26 Å². The molecular weight excluding hydrogens is 220 g/mol. The van der Waals surface area contributed by atoms with Crippen LogP contribution < -0.4 is 0 Å². The van der Waals surface area contributed by atoms with Crippen molar-refractivity contribution in [3.8, 4) is 6.07 Å². The summed E-state index contributed by atoms with van der Waals surface area (Å²) in [6, 6.07) is 10.6. The minimum absolute atomic E-state index is 0.523. The third kappa shape index (κ3) is 3.34. The topological polar surface area (TPSA) is 27.0 Å². The molecule has 96 valence electrons. The first-order valence-electron chi connectivity index (χ1n) is 6.85. The van der Waals surface area contributed by atoms with Gasteiger partial charge in [-0.3, -0.25) is 4.90 Å². The first kappa shape index (κ1) is 13.1. The number of rotatable bonds is 3.